The van der Waals surface area contributed by atoms with Crippen LogP contribution in [0.25, 0.3) is 0 Å². The van der Waals surface area contributed by atoms with E-state index in [1.165, 1.54) is 18.0 Å². The molecule has 2 aromatic carbocycles. The number of nitrogens with one attached hydrogen (secondary N) is 2. The maximum Gasteiger partial charge on any atom is 0.240 e. The van der Waals surface area contributed by atoms with Gasteiger partial charge in [0.05, 0.1) is 36.5 Å². The van der Waals surface area contributed by atoms with Crippen molar-refractivity contribution in [3.63, 3.8) is 0 Å². The Labute approximate surface area is 191 Å². The molecule has 0 saturated heterocycles. The van der Waals surface area contributed by atoms with Gasteiger partial charge in [-0.3, -0.25) is 9.59 Å². The van der Waals surface area contributed by atoms with E-state index in [1.54, 1.807) is 16.7 Å². The van der Waals surface area contributed by atoms with Crippen LogP contribution >= 0.6 is 11.8 Å². The van der Waals surface area contributed by atoms with Crippen LogP contribution < -0.4 is 15.4 Å². The second-order valence-corrected chi connectivity index (χ2v) is 7.75. The van der Waals surface area contributed by atoms with E-state index in [0.29, 0.717) is 35.4 Å². The van der Waals surface area contributed by atoms with Gasteiger partial charge in [-0.05, 0) is 24.6 Å². The summed E-state index contributed by atoms with van der Waals surface area (Å²) in [5.74, 6) is 0.260. The van der Waals surface area contributed by atoms with E-state index in [4.69, 9.17) is 4.74 Å². The van der Waals surface area contributed by atoms with Crippen LogP contribution in [0, 0.1) is 0 Å². The standard InChI is InChI=1S/C23H26N4O4S/c1-2-31-20-11-7-6-10-19(20)26-22(30)16-32-23-25-13-18(15-28)27(23)14-21(29)24-12-17-8-4-3-5-9-17/h3-11,13,28H,2,12,14-16H2,1H3,(H,24,29)(H,26,30). The number of ether oxygens (including phenoxy) is 1. The fourth-order valence-corrected chi connectivity index (χ4v) is 3.76. The molecular weight excluding hydrogens is 428 g/mol. The van der Waals surface area contributed by atoms with Crippen LogP contribution in [0.5, 0.6) is 5.75 Å². The highest BCUT2D eigenvalue weighted by Crippen LogP contribution is 2.25. The number of hydrogen-bond donors (Lipinski definition) is 3. The summed E-state index contributed by atoms with van der Waals surface area (Å²) in [4.78, 5) is 29.2. The summed E-state index contributed by atoms with van der Waals surface area (Å²) in [5, 5.41) is 15.8. The minimum atomic E-state index is -0.256. The van der Waals surface area contributed by atoms with Gasteiger partial charge in [0.2, 0.25) is 11.8 Å². The van der Waals surface area contributed by atoms with E-state index in [-0.39, 0.29) is 30.7 Å². The third kappa shape index (κ3) is 6.60. The molecule has 0 radical (unpaired) electrons. The molecule has 9 heteroatoms. The summed E-state index contributed by atoms with van der Waals surface area (Å²) in [5.41, 5.74) is 2.09. The molecule has 0 spiro atoms. The first-order valence-electron chi connectivity index (χ1n) is 10.2. The Hall–Kier alpha value is -3.30. The monoisotopic (exact) mass is 454 g/mol. The van der Waals surface area contributed by atoms with Crippen LogP contribution in [0.4, 0.5) is 5.69 Å². The smallest absolute Gasteiger partial charge is 0.240 e. The molecule has 3 rings (SSSR count). The zero-order chi connectivity index (χ0) is 22.8. The topological polar surface area (TPSA) is 105 Å². The highest BCUT2D eigenvalue weighted by molar-refractivity contribution is 7.99. The number of aliphatic hydroxyl groups is 1. The van der Waals surface area contributed by atoms with Crippen LogP contribution in [0.15, 0.2) is 66.0 Å². The Morgan fingerprint density at radius 3 is 2.59 bits per heavy atom. The largest absolute Gasteiger partial charge is 0.492 e. The van der Waals surface area contributed by atoms with Crippen molar-refractivity contribution >= 4 is 29.3 Å². The zero-order valence-corrected chi connectivity index (χ0v) is 18.6. The van der Waals surface area contributed by atoms with Crippen LogP contribution in [0.2, 0.25) is 0 Å². The van der Waals surface area contributed by atoms with Gasteiger partial charge in [0, 0.05) is 6.54 Å². The number of nitrogens with zero attached hydrogens (tertiary/aromatic N) is 2. The van der Waals surface area contributed by atoms with E-state index in [0.717, 1.165) is 5.56 Å². The Morgan fingerprint density at radius 2 is 1.84 bits per heavy atom. The van der Waals surface area contributed by atoms with Crippen molar-refractivity contribution in [2.24, 2.45) is 0 Å². The van der Waals surface area contributed by atoms with Gasteiger partial charge >= 0.3 is 0 Å². The molecular formula is C23H26N4O4S. The molecule has 2 amide bonds. The molecule has 0 saturated carbocycles. The van der Waals surface area contributed by atoms with E-state index in [1.807, 2.05) is 49.4 Å². The van der Waals surface area contributed by atoms with Crippen molar-refractivity contribution in [1.29, 1.82) is 0 Å². The van der Waals surface area contributed by atoms with E-state index >= 15 is 0 Å². The van der Waals surface area contributed by atoms with Gasteiger partial charge in [-0.1, -0.05) is 54.2 Å². The molecule has 0 aliphatic heterocycles. The van der Waals surface area contributed by atoms with E-state index in [9.17, 15) is 14.7 Å². The van der Waals surface area contributed by atoms with Crippen LogP contribution in [0.3, 0.4) is 0 Å². The molecule has 0 unspecified atom stereocenters. The average molecular weight is 455 g/mol. The first-order chi connectivity index (χ1) is 15.6. The second kappa shape index (κ2) is 11.9. The molecule has 8 nitrogen and oxygen atoms in total. The zero-order valence-electron chi connectivity index (χ0n) is 17.8. The number of benzene rings is 2. The molecule has 1 aromatic heterocycles. The van der Waals surface area contributed by atoms with Crippen LogP contribution in [-0.2, 0) is 29.3 Å². The third-order valence-corrected chi connectivity index (χ3v) is 5.48. The average Bonchev–Trinajstić information content (AvgIpc) is 3.20. The number of thioether (sulfide) groups is 1. The van der Waals surface area contributed by atoms with Crippen molar-refractivity contribution in [2.75, 3.05) is 17.7 Å². The number of hydrogen-bond acceptors (Lipinski definition) is 6. The molecule has 0 fully saturated rings. The first kappa shape index (κ1) is 23.4. The van der Waals surface area contributed by atoms with Crippen molar-refractivity contribution in [3.05, 3.63) is 72.1 Å². The molecule has 0 bridgehead atoms. The molecule has 1 heterocycles. The maximum absolute atomic E-state index is 12.5. The molecule has 0 atom stereocenters. The van der Waals surface area contributed by atoms with Gasteiger partial charge in [0.15, 0.2) is 5.16 Å². The van der Waals surface area contributed by atoms with Gasteiger partial charge < -0.3 is 25.0 Å². The molecule has 3 N–H and O–H groups in total. The quantitative estimate of drug-likeness (QED) is 0.385. The lowest BCUT2D eigenvalue weighted by molar-refractivity contribution is -0.122. The minimum absolute atomic E-state index is 0.000146. The Bertz CT molecular complexity index is 1040. The molecule has 3 aromatic rings. The minimum Gasteiger partial charge on any atom is -0.492 e. The number of carbonyl (C=O) groups is 2. The normalized spacial score (nSPS) is 10.6. The van der Waals surface area contributed by atoms with E-state index < -0.39 is 0 Å². The van der Waals surface area contributed by atoms with Gasteiger partial charge in [-0.2, -0.15) is 0 Å². The van der Waals surface area contributed by atoms with Crippen LogP contribution in [0.1, 0.15) is 18.2 Å². The molecule has 0 aliphatic rings. The fourth-order valence-electron chi connectivity index (χ4n) is 2.97. The Kier molecular flexibility index (Phi) is 8.70. The Morgan fingerprint density at radius 1 is 1.09 bits per heavy atom. The number of para-hydroxylation sites is 2. The summed E-state index contributed by atoms with van der Waals surface area (Å²) in [6.07, 6.45) is 1.51. The maximum atomic E-state index is 12.5. The summed E-state index contributed by atoms with van der Waals surface area (Å²) >= 11 is 1.19. The highest BCUT2D eigenvalue weighted by Gasteiger charge is 2.15. The molecule has 168 valence electrons. The van der Waals surface area contributed by atoms with Gasteiger partial charge in [-0.15, -0.1) is 0 Å². The summed E-state index contributed by atoms with van der Waals surface area (Å²) in [6.45, 7) is 2.53. The lowest BCUT2D eigenvalue weighted by Crippen LogP contribution is -2.28. The lowest BCUT2D eigenvalue weighted by Gasteiger charge is -2.12. The number of rotatable bonds is 11. The van der Waals surface area contributed by atoms with Crippen LogP contribution in [-0.4, -0.2) is 38.8 Å². The predicted octanol–water partition coefficient (Wildman–Crippen LogP) is 2.82. The Balaban J connectivity index is 1.58. The number of carbonyl (C=O) groups excluding carboxylic acids is 2. The summed E-state index contributed by atoms with van der Waals surface area (Å²) < 4.78 is 7.14. The van der Waals surface area contributed by atoms with Gasteiger partial charge in [0.25, 0.3) is 0 Å². The third-order valence-electron chi connectivity index (χ3n) is 4.49. The van der Waals surface area contributed by atoms with Crippen molar-refractivity contribution in [3.8, 4) is 5.75 Å². The SMILES string of the molecule is CCOc1ccccc1NC(=O)CSc1ncc(CO)n1CC(=O)NCc1ccccc1. The second-order valence-electron chi connectivity index (χ2n) is 6.80. The van der Waals surface area contributed by atoms with E-state index in [2.05, 4.69) is 15.6 Å². The predicted molar refractivity (Wildman–Crippen MR) is 123 cm³/mol. The molecule has 32 heavy (non-hydrogen) atoms. The molecule has 0 aliphatic carbocycles. The van der Waals surface area contributed by atoms with Crippen molar-refractivity contribution in [1.82, 2.24) is 14.9 Å². The van der Waals surface area contributed by atoms with Gasteiger partial charge in [-0.25, -0.2) is 4.98 Å². The van der Waals surface area contributed by atoms with Crippen molar-refractivity contribution in [2.45, 2.75) is 31.8 Å². The van der Waals surface area contributed by atoms with Crippen molar-refractivity contribution < 1.29 is 19.4 Å². The lowest BCUT2D eigenvalue weighted by atomic mass is 10.2. The van der Waals surface area contributed by atoms with Gasteiger partial charge in [0.1, 0.15) is 12.3 Å². The number of aliphatic hydroxyl groups excluding tert-OH is 1. The number of aromatic nitrogens is 2. The number of anilines is 1. The summed E-state index contributed by atoms with van der Waals surface area (Å²) in [7, 11) is 0. The highest BCUT2D eigenvalue weighted by atomic mass is 32.2. The fraction of sp³-hybridized carbons (Fsp3) is 0.261. The first-order valence-corrected chi connectivity index (χ1v) is 11.2. The number of imidazole rings is 1. The number of amides is 2. The summed E-state index contributed by atoms with van der Waals surface area (Å²) in [6, 6.07) is 16.8.